The minimum absolute atomic E-state index is 0.661. The van der Waals surface area contributed by atoms with Crippen LogP contribution in [0.4, 0.5) is 0 Å². The van der Waals surface area contributed by atoms with Gasteiger partial charge in [-0.25, -0.2) is 19.9 Å². The second kappa shape index (κ2) is 29.3. The summed E-state index contributed by atoms with van der Waals surface area (Å²) in [7, 11) is 0. The lowest BCUT2D eigenvalue weighted by Crippen LogP contribution is -1.97. The van der Waals surface area contributed by atoms with Crippen molar-refractivity contribution in [3.05, 3.63) is 437 Å². The maximum Gasteiger partial charge on any atom is 0.160 e. The summed E-state index contributed by atoms with van der Waals surface area (Å²) < 4.78 is 4.78. The minimum atomic E-state index is 0.661. The monoisotopic (exact) mass is 1500 g/mol. The van der Waals surface area contributed by atoms with E-state index in [1.54, 1.807) is 0 Å². The van der Waals surface area contributed by atoms with Crippen LogP contribution in [0.1, 0.15) is 0 Å². The van der Waals surface area contributed by atoms with Gasteiger partial charge in [0.15, 0.2) is 11.6 Å². The molecule has 6 heteroatoms. The minimum Gasteiger partial charge on any atom is -0.309 e. The second-order valence-electron chi connectivity index (χ2n) is 30.4. The third-order valence-electron chi connectivity index (χ3n) is 23.4. The van der Waals surface area contributed by atoms with Crippen LogP contribution in [0, 0.1) is 0 Å². The highest BCUT2D eigenvalue weighted by atomic mass is 15.0. The first kappa shape index (κ1) is 69.0. The number of hydrogen-bond acceptors (Lipinski definition) is 4. The molecule has 0 amide bonds. The Bertz CT molecular complexity index is 7580. The van der Waals surface area contributed by atoms with Crippen molar-refractivity contribution < 1.29 is 0 Å². The zero-order valence-corrected chi connectivity index (χ0v) is 64.3. The summed E-state index contributed by atoms with van der Waals surface area (Å²) >= 11 is 0. The fourth-order valence-electron chi connectivity index (χ4n) is 17.6. The fourth-order valence-corrected chi connectivity index (χ4v) is 17.6. The molecule has 0 radical (unpaired) electrons. The van der Waals surface area contributed by atoms with Gasteiger partial charge in [0.2, 0.25) is 0 Å². The van der Waals surface area contributed by atoms with Gasteiger partial charge in [-0.2, -0.15) is 0 Å². The summed E-state index contributed by atoms with van der Waals surface area (Å²) in [6, 6.07) is 157. The molecule has 0 atom stereocenters. The lowest BCUT2D eigenvalue weighted by molar-refractivity contribution is 1.18. The van der Waals surface area contributed by atoms with Crippen LogP contribution in [0.15, 0.2) is 437 Å². The van der Waals surface area contributed by atoms with Crippen molar-refractivity contribution in [3.63, 3.8) is 0 Å². The number of hydrogen-bond donors (Lipinski definition) is 0. The van der Waals surface area contributed by atoms with Gasteiger partial charge < -0.3 is 9.13 Å². The van der Waals surface area contributed by atoms with Gasteiger partial charge in [0.25, 0.3) is 0 Å². The highest BCUT2D eigenvalue weighted by Crippen LogP contribution is 2.45. The molecular formula is C112H72N6. The number of nitrogens with zero attached hydrogens (tertiary/aromatic N) is 6. The first-order valence-corrected chi connectivity index (χ1v) is 40.2. The highest BCUT2D eigenvalue weighted by molar-refractivity contribution is 6.12. The molecule has 0 fully saturated rings. The molecule has 0 aliphatic rings. The summed E-state index contributed by atoms with van der Waals surface area (Å²) in [6.45, 7) is 0. The van der Waals surface area contributed by atoms with Crippen LogP contribution in [0.2, 0.25) is 0 Å². The summed E-state index contributed by atoms with van der Waals surface area (Å²) in [6.07, 6.45) is 0. The van der Waals surface area contributed by atoms with E-state index in [9.17, 15) is 0 Å². The zero-order chi connectivity index (χ0) is 78.0. The lowest BCUT2D eigenvalue weighted by Gasteiger charge is -2.16. The smallest absolute Gasteiger partial charge is 0.160 e. The van der Waals surface area contributed by atoms with E-state index in [4.69, 9.17) is 19.9 Å². The van der Waals surface area contributed by atoms with Crippen LogP contribution in [-0.2, 0) is 0 Å². The van der Waals surface area contributed by atoms with E-state index in [0.29, 0.717) is 11.6 Å². The Labute approximate surface area is 683 Å². The molecule has 18 aromatic carbocycles. The van der Waals surface area contributed by atoms with E-state index in [-0.39, 0.29) is 0 Å². The second-order valence-corrected chi connectivity index (χ2v) is 30.4. The van der Waals surface area contributed by atoms with Crippen LogP contribution < -0.4 is 0 Å². The van der Waals surface area contributed by atoms with Gasteiger partial charge in [0.05, 0.1) is 44.8 Å². The van der Waals surface area contributed by atoms with Crippen LogP contribution in [0.3, 0.4) is 0 Å². The Morgan fingerprint density at radius 3 is 0.856 bits per heavy atom. The molecular weight excluding hydrogens is 1430 g/mol. The molecule has 4 aromatic heterocycles. The highest BCUT2D eigenvalue weighted by Gasteiger charge is 2.22. The average molecular weight is 1500 g/mol. The van der Waals surface area contributed by atoms with Crippen molar-refractivity contribution >= 4 is 65.2 Å². The van der Waals surface area contributed by atoms with Crippen LogP contribution in [0.25, 0.3) is 222 Å². The van der Waals surface area contributed by atoms with Gasteiger partial charge in [0, 0.05) is 66.3 Å². The third kappa shape index (κ3) is 12.6. The third-order valence-corrected chi connectivity index (χ3v) is 23.4. The Kier molecular flexibility index (Phi) is 17.1. The molecule has 0 bridgehead atoms. The van der Waals surface area contributed by atoms with E-state index in [1.165, 1.54) is 43.7 Å². The van der Waals surface area contributed by atoms with Gasteiger partial charge in [-0.3, -0.25) is 0 Å². The molecule has 22 aromatic rings. The van der Waals surface area contributed by atoms with Gasteiger partial charge in [-0.1, -0.05) is 334 Å². The molecule has 22 rings (SSSR count). The number of para-hydroxylation sites is 3. The van der Waals surface area contributed by atoms with E-state index in [1.807, 2.05) is 12.1 Å². The Morgan fingerprint density at radius 2 is 0.407 bits per heavy atom. The van der Waals surface area contributed by atoms with Gasteiger partial charge in [-0.05, 0) is 203 Å². The van der Waals surface area contributed by atoms with Crippen LogP contribution in [-0.4, -0.2) is 29.1 Å². The number of rotatable bonds is 15. The largest absolute Gasteiger partial charge is 0.309 e. The molecule has 0 aliphatic carbocycles. The molecule has 4 heterocycles. The molecule has 0 unspecified atom stereocenters. The number of fused-ring (bicyclic) bond motifs is 8. The molecule has 0 saturated heterocycles. The molecule has 6 nitrogen and oxygen atoms in total. The van der Waals surface area contributed by atoms with Crippen molar-refractivity contribution in [3.8, 4) is 157 Å². The Morgan fingerprint density at radius 1 is 0.136 bits per heavy atom. The SMILES string of the molecule is c1ccc(-c2cccc(-c3cccc(-c4cc(-c5ccc(-c6ccc(-n7c8ccccc8c8cc(-c9cccc(-c%10cc(-c%11ccccc%11)cc(-c%11cc(-c%12ccc(-c%13ccc(-n%14c%15ccccc%15c%15ccccc%15%14)cc%13)c%13ccccc%12%13)nc(-c%12ccccc%12)n%11)c%10)c9)ccc87)cc6)c6ccccc56)nc(-c5ccccc5)n4)c3)c2)cc1. The topological polar surface area (TPSA) is 61.4 Å². The van der Waals surface area contributed by atoms with Crippen molar-refractivity contribution in [1.29, 1.82) is 0 Å². The Hall–Kier alpha value is -15.8. The zero-order valence-electron chi connectivity index (χ0n) is 64.3. The van der Waals surface area contributed by atoms with Crippen LogP contribution >= 0.6 is 0 Å². The van der Waals surface area contributed by atoms with Crippen LogP contribution in [0.5, 0.6) is 0 Å². The molecule has 0 saturated carbocycles. The molecule has 0 aliphatic heterocycles. The van der Waals surface area contributed by atoms with Crippen molar-refractivity contribution in [2.75, 3.05) is 0 Å². The van der Waals surface area contributed by atoms with Crippen molar-refractivity contribution in [2.45, 2.75) is 0 Å². The van der Waals surface area contributed by atoms with E-state index in [2.05, 4.69) is 434 Å². The standard InChI is InChI=1S/C112H72N6/c1-5-26-73(27-6-1)79-34-23-35-80(64-79)82-37-25-39-85(66-82)103-71-105(115-111(113-103)77-30-9-3-10-31-77)97-61-59-91(93-40-13-15-42-95(93)97)76-52-57-90(58-53-76)118-109-49-22-19-46-101(109)102-70-84(54-63-110(102)118)81-36-24-38-83(65-81)87-67-86(74-28-7-2-8-29-74)68-88(69-87)104-72-106(116-112(114-104)78-32-11-4-12-33-78)98-62-60-92(94-41-14-16-43-96(94)98)75-50-55-89(56-51-75)117-107-47-20-17-44-99(107)100-45-18-21-48-108(100)117/h1-72H. The predicted octanol–water partition coefficient (Wildman–Crippen LogP) is 29.4. The molecule has 118 heavy (non-hydrogen) atoms. The fraction of sp³-hybridized carbons (Fsp3) is 0. The number of benzene rings is 18. The number of aromatic nitrogens is 6. The summed E-state index contributed by atoms with van der Waals surface area (Å²) in [5.41, 5.74) is 32.1. The molecule has 550 valence electrons. The van der Waals surface area contributed by atoms with Crippen molar-refractivity contribution in [2.24, 2.45) is 0 Å². The first-order valence-electron chi connectivity index (χ1n) is 40.2. The van der Waals surface area contributed by atoms with E-state index >= 15 is 0 Å². The van der Waals surface area contributed by atoms with E-state index < -0.39 is 0 Å². The van der Waals surface area contributed by atoms with E-state index in [0.717, 1.165) is 167 Å². The Balaban J connectivity index is 0.588. The molecule has 0 spiro atoms. The van der Waals surface area contributed by atoms with Gasteiger partial charge in [-0.15, -0.1) is 0 Å². The first-order chi connectivity index (χ1) is 58.5. The molecule has 0 N–H and O–H groups in total. The maximum atomic E-state index is 5.48. The predicted molar refractivity (Wildman–Crippen MR) is 492 cm³/mol. The average Bonchev–Trinajstić information content (AvgIpc) is 1.50. The maximum absolute atomic E-state index is 5.48. The van der Waals surface area contributed by atoms with Gasteiger partial charge in [0.1, 0.15) is 0 Å². The summed E-state index contributed by atoms with van der Waals surface area (Å²) in [5.74, 6) is 1.34. The lowest BCUT2D eigenvalue weighted by atomic mass is 9.92. The summed E-state index contributed by atoms with van der Waals surface area (Å²) in [5, 5.41) is 9.40. The van der Waals surface area contributed by atoms with Crippen molar-refractivity contribution in [1.82, 2.24) is 29.1 Å². The summed E-state index contributed by atoms with van der Waals surface area (Å²) in [4.78, 5) is 21.6. The quantitative estimate of drug-likeness (QED) is 0.103. The normalized spacial score (nSPS) is 11.6. The van der Waals surface area contributed by atoms with Gasteiger partial charge >= 0.3 is 0 Å².